The van der Waals surface area contributed by atoms with Gasteiger partial charge in [-0.2, -0.15) is 0 Å². The summed E-state index contributed by atoms with van der Waals surface area (Å²) in [5.74, 6) is 1.49. The van der Waals surface area contributed by atoms with E-state index in [1.807, 2.05) is 10.4 Å². The van der Waals surface area contributed by atoms with Crippen LogP contribution in [0.1, 0.15) is 19.8 Å². The maximum absolute atomic E-state index is 11.6. The van der Waals surface area contributed by atoms with Gasteiger partial charge in [0.1, 0.15) is 5.75 Å². The Morgan fingerprint density at radius 3 is 2.64 bits per heavy atom. The molecule has 0 aliphatic carbocycles. The third-order valence-corrected chi connectivity index (χ3v) is 7.39. The summed E-state index contributed by atoms with van der Waals surface area (Å²) in [6, 6.07) is 12.8. The molecule has 3 heterocycles. The number of amides is 2. The summed E-state index contributed by atoms with van der Waals surface area (Å²) in [7, 11) is 0. The highest BCUT2D eigenvalue weighted by molar-refractivity contribution is 7.17. The van der Waals surface area contributed by atoms with Crippen molar-refractivity contribution in [2.75, 3.05) is 44.2 Å². The van der Waals surface area contributed by atoms with Gasteiger partial charge in [0.05, 0.1) is 22.3 Å². The zero-order chi connectivity index (χ0) is 22.8. The molecule has 0 saturated carbocycles. The Bertz CT molecular complexity index is 1150. The third kappa shape index (κ3) is 4.80. The van der Waals surface area contributed by atoms with Gasteiger partial charge in [-0.15, -0.1) is 11.3 Å². The first-order chi connectivity index (χ1) is 16.1. The van der Waals surface area contributed by atoms with Crippen molar-refractivity contribution in [2.24, 2.45) is 5.92 Å². The Hall–Kier alpha value is -3.13. The largest absolute Gasteiger partial charge is 0.492 e. The lowest BCUT2D eigenvalue weighted by atomic mass is 10.0. The Balaban J connectivity index is 1.29. The molecule has 3 aromatic rings. The summed E-state index contributed by atoms with van der Waals surface area (Å²) in [5.41, 5.74) is 6.16. The second kappa shape index (κ2) is 9.39. The van der Waals surface area contributed by atoms with Crippen molar-refractivity contribution in [2.45, 2.75) is 19.8 Å². The lowest BCUT2D eigenvalue weighted by Crippen LogP contribution is -2.48. The second-order valence-electron chi connectivity index (χ2n) is 8.73. The van der Waals surface area contributed by atoms with Crippen LogP contribution in [0.3, 0.4) is 0 Å². The van der Waals surface area contributed by atoms with Crippen LogP contribution in [0.15, 0.2) is 41.9 Å². The monoisotopic (exact) mass is 464 g/mol. The van der Waals surface area contributed by atoms with Crippen molar-refractivity contribution in [3.05, 3.63) is 41.9 Å². The summed E-state index contributed by atoms with van der Waals surface area (Å²) < 4.78 is 7.23. The number of anilines is 1. The van der Waals surface area contributed by atoms with Gasteiger partial charge in [-0.3, -0.25) is 9.59 Å². The number of nitrogens with one attached hydrogen (secondary N) is 1. The summed E-state index contributed by atoms with van der Waals surface area (Å²) in [6.07, 6.45) is 1.45. The first-order valence-electron chi connectivity index (χ1n) is 11.4. The van der Waals surface area contributed by atoms with E-state index in [9.17, 15) is 9.59 Å². The average molecular weight is 465 g/mol. The number of ether oxygens (including phenoxy) is 1. The van der Waals surface area contributed by atoms with Crippen LogP contribution in [0, 0.1) is 5.92 Å². The van der Waals surface area contributed by atoms with Crippen molar-refractivity contribution in [1.82, 2.24) is 15.2 Å². The lowest BCUT2D eigenvalue weighted by Gasteiger charge is -2.35. The summed E-state index contributed by atoms with van der Waals surface area (Å²) >= 11 is 1.59. The smallest absolute Gasteiger partial charge is 0.220 e. The SMILES string of the molecule is CC(=O)N1CCN(c2ccc(-c3cc(OCC[C@H]4CNC(=O)C4)c4scnc4c3)cc2)CC1. The summed E-state index contributed by atoms with van der Waals surface area (Å²) in [5, 5.41) is 2.89. The molecular weight excluding hydrogens is 436 g/mol. The quantitative estimate of drug-likeness (QED) is 0.604. The van der Waals surface area contributed by atoms with E-state index < -0.39 is 0 Å². The fourth-order valence-electron chi connectivity index (χ4n) is 4.56. The third-order valence-electron chi connectivity index (χ3n) is 6.53. The molecule has 1 N–H and O–H groups in total. The molecule has 1 atom stereocenters. The predicted molar refractivity (Wildman–Crippen MR) is 131 cm³/mol. The Morgan fingerprint density at radius 1 is 1.15 bits per heavy atom. The molecule has 33 heavy (non-hydrogen) atoms. The number of nitrogens with zero attached hydrogens (tertiary/aromatic N) is 3. The number of carbonyl (C=O) groups is 2. The van der Waals surface area contributed by atoms with Crippen LogP contribution in [-0.4, -0.2) is 61.0 Å². The van der Waals surface area contributed by atoms with Gasteiger partial charge in [0.15, 0.2) is 0 Å². The highest BCUT2D eigenvalue weighted by atomic mass is 32.1. The Labute approximate surface area is 197 Å². The second-order valence-corrected chi connectivity index (χ2v) is 9.58. The molecule has 2 aliphatic rings. The molecule has 0 bridgehead atoms. The van der Waals surface area contributed by atoms with Crippen molar-refractivity contribution in [1.29, 1.82) is 0 Å². The van der Waals surface area contributed by atoms with Crippen molar-refractivity contribution in [3.63, 3.8) is 0 Å². The molecule has 0 radical (unpaired) electrons. The number of carbonyl (C=O) groups excluding carboxylic acids is 2. The van der Waals surface area contributed by atoms with Crippen LogP contribution in [0.4, 0.5) is 5.69 Å². The maximum Gasteiger partial charge on any atom is 0.220 e. The number of thiazole rings is 1. The first-order valence-corrected chi connectivity index (χ1v) is 12.3. The summed E-state index contributed by atoms with van der Waals surface area (Å²) in [4.78, 5) is 31.7. The van der Waals surface area contributed by atoms with Gasteiger partial charge in [-0.05, 0) is 47.7 Å². The zero-order valence-corrected chi connectivity index (χ0v) is 19.6. The zero-order valence-electron chi connectivity index (χ0n) is 18.8. The van der Waals surface area contributed by atoms with Crippen molar-refractivity contribution < 1.29 is 14.3 Å². The standard InChI is InChI=1S/C25H28N4O3S/c1-17(30)28-7-9-29(10-8-28)21-4-2-19(3-5-21)20-13-22-25(33-16-27-22)23(14-20)32-11-6-18-12-24(31)26-15-18/h2-5,13-14,16,18H,6-12,15H2,1H3,(H,26,31)/t18-/m1/s1. The topological polar surface area (TPSA) is 74.8 Å². The van der Waals surface area contributed by atoms with Crippen LogP contribution in [0.5, 0.6) is 5.75 Å². The van der Waals surface area contributed by atoms with Crippen LogP contribution in [0.2, 0.25) is 0 Å². The van der Waals surface area contributed by atoms with Gasteiger partial charge >= 0.3 is 0 Å². The molecule has 8 heteroatoms. The van der Waals surface area contributed by atoms with E-state index >= 15 is 0 Å². The van der Waals surface area contributed by atoms with Gasteiger partial charge in [-0.25, -0.2) is 4.98 Å². The number of hydrogen-bond donors (Lipinski definition) is 1. The van der Waals surface area contributed by atoms with Gasteiger partial charge in [-0.1, -0.05) is 12.1 Å². The van der Waals surface area contributed by atoms with E-state index in [2.05, 4.69) is 51.6 Å². The van der Waals surface area contributed by atoms with E-state index in [1.54, 1.807) is 18.3 Å². The van der Waals surface area contributed by atoms with E-state index in [0.29, 0.717) is 18.9 Å². The van der Waals surface area contributed by atoms with Gasteiger partial charge in [0.25, 0.3) is 0 Å². The van der Waals surface area contributed by atoms with Crippen LogP contribution in [0.25, 0.3) is 21.3 Å². The highest BCUT2D eigenvalue weighted by Crippen LogP contribution is 2.35. The van der Waals surface area contributed by atoms with Crippen LogP contribution in [-0.2, 0) is 9.59 Å². The highest BCUT2D eigenvalue weighted by Gasteiger charge is 2.22. The summed E-state index contributed by atoms with van der Waals surface area (Å²) in [6.45, 7) is 6.20. The minimum atomic E-state index is 0.135. The van der Waals surface area contributed by atoms with E-state index in [-0.39, 0.29) is 11.8 Å². The Morgan fingerprint density at radius 2 is 1.94 bits per heavy atom. The van der Waals surface area contributed by atoms with E-state index in [0.717, 1.165) is 66.2 Å². The fourth-order valence-corrected chi connectivity index (χ4v) is 5.30. The fraction of sp³-hybridized carbons (Fsp3) is 0.400. The normalized spacial score (nSPS) is 18.6. The number of aromatic nitrogens is 1. The van der Waals surface area contributed by atoms with Crippen molar-refractivity contribution in [3.8, 4) is 16.9 Å². The number of rotatable bonds is 6. The minimum Gasteiger partial charge on any atom is -0.492 e. The predicted octanol–water partition coefficient (Wildman–Crippen LogP) is 3.54. The van der Waals surface area contributed by atoms with Gasteiger partial charge in [0, 0.05) is 51.8 Å². The number of benzene rings is 2. The van der Waals surface area contributed by atoms with Crippen molar-refractivity contribution >= 4 is 39.1 Å². The molecule has 1 aromatic heterocycles. The molecule has 2 aliphatic heterocycles. The molecule has 2 amide bonds. The lowest BCUT2D eigenvalue weighted by molar-refractivity contribution is -0.129. The number of fused-ring (bicyclic) bond motifs is 1. The molecule has 2 aromatic carbocycles. The van der Waals surface area contributed by atoms with Crippen LogP contribution >= 0.6 is 11.3 Å². The molecule has 2 fully saturated rings. The molecule has 5 rings (SSSR count). The van der Waals surface area contributed by atoms with Crippen LogP contribution < -0.4 is 15.0 Å². The number of hydrogen-bond acceptors (Lipinski definition) is 6. The molecular formula is C25H28N4O3S. The maximum atomic E-state index is 11.6. The molecule has 7 nitrogen and oxygen atoms in total. The minimum absolute atomic E-state index is 0.135. The Kier molecular flexibility index (Phi) is 6.17. The van der Waals surface area contributed by atoms with Gasteiger partial charge in [0.2, 0.25) is 11.8 Å². The number of piperazine rings is 1. The van der Waals surface area contributed by atoms with E-state index in [4.69, 9.17) is 4.74 Å². The molecule has 172 valence electrons. The molecule has 0 unspecified atom stereocenters. The molecule has 2 saturated heterocycles. The van der Waals surface area contributed by atoms with E-state index in [1.165, 1.54) is 5.69 Å². The average Bonchev–Trinajstić information content (AvgIpc) is 3.48. The van der Waals surface area contributed by atoms with Gasteiger partial charge < -0.3 is 19.9 Å². The molecule has 0 spiro atoms. The first kappa shape index (κ1) is 21.7.